The molecule has 2 aromatic heterocycles. The Balaban J connectivity index is 1.26. The van der Waals surface area contributed by atoms with Crippen LogP contribution in [0.2, 0.25) is 0 Å². The number of thiazole rings is 1. The number of pyridine rings is 1. The number of carboxylic acids is 1. The molecule has 8 heteroatoms. The van der Waals surface area contributed by atoms with Crippen LogP contribution in [0.5, 0.6) is 0 Å². The first-order valence-electron chi connectivity index (χ1n) is 11.3. The van der Waals surface area contributed by atoms with E-state index in [9.17, 15) is 9.90 Å². The number of halogens is 1. The molecule has 1 unspecified atom stereocenters. The zero-order chi connectivity index (χ0) is 24.4. The minimum absolute atomic E-state index is 0.0120. The van der Waals surface area contributed by atoms with Crippen molar-refractivity contribution in [1.29, 1.82) is 0 Å². The lowest BCUT2D eigenvalue weighted by atomic mass is 9.89. The summed E-state index contributed by atoms with van der Waals surface area (Å²) in [5.74, 6) is -1.63. The summed E-state index contributed by atoms with van der Waals surface area (Å²) < 4.78 is 15.2. The number of aliphatic hydroxyl groups is 1. The molecule has 1 aliphatic carbocycles. The molecule has 0 bridgehead atoms. The smallest absolute Gasteiger partial charge is 0.338 e. The highest BCUT2D eigenvalue weighted by molar-refractivity contribution is 7.21. The highest BCUT2D eigenvalue weighted by atomic mass is 32.1. The van der Waals surface area contributed by atoms with E-state index < -0.39 is 17.4 Å². The first kappa shape index (κ1) is 22.0. The summed E-state index contributed by atoms with van der Waals surface area (Å²) in [4.78, 5) is 23.2. The third-order valence-electron chi connectivity index (χ3n) is 7.01. The molecule has 6 rings (SSSR count). The van der Waals surface area contributed by atoms with Gasteiger partial charge < -0.3 is 10.2 Å². The first-order chi connectivity index (χ1) is 16.8. The van der Waals surface area contributed by atoms with Gasteiger partial charge in [0.25, 0.3) is 0 Å². The van der Waals surface area contributed by atoms with Gasteiger partial charge in [-0.3, -0.25) is 4.90 Å². The van der Waals surface area contributed by atoms with Crippen molar-refractivity contribution in [2.24, 2.45) is 0 Å². The van der Waals surface area contributed by atoms with Gasteiger partial charge in [0.2, 0.25) is 0 Å². The monoisotopic (exact) mass is 487 g/mol. The molecular formula is C27H22FN3O3S. The SMILES string of the molecule is CC(c1ccc(-c2nc3ccc(C4(c5ccccc5)C=C4)nc3s2)c(F)c1)N1CC(O)(C(=O)O)C1. The van der Waals surface area contributed by atoms with Crippen molar-refractivity contribution in [2.75, 3.05) is 13.1 Å². The van der Waals surface area contributed by atoms with Crippen molar-refractivity contribution in [1.82, 2.24) is 14.9 Å². The van der Waals surface area contributed by atoms with Crippen LogP contribution in [0.25, 0.3) is 20.9 Å². The molecule has 0 saturated carbocycles. The lowest BCUT2D eigenvalue weighted by molar-refractivity contribution is -0.181. The Labute approximate surface area is 205 Å². The van der Waals surface area contributed by atoms with Crippen LogP contribution in [-0.2, 0) is 10.2 Å². The number of aromatic nitrogens is 2. The maximum Gasteiger partial charge on any atom is 0.338 e. The van der Waals surface area contributed by atoms with E-state index in [4.69, 9.17) is 10.1 Å². The van der Waals surface area contributed by atoms with E-state index in [-0.39, 0.29) is 24.5 Å². The summed E-state index contributed by atoms with van der Waals surface area (Å²) in [6.45, 7) is 1.89. The molecular weight excluding hydrogens is 465 g/mol. The van der Waals surface area contributed by atoms with Crippen LogP contribution < -0.4 is 0 Å². The third-order valence-corrected chi connectivity index (χ3v) is 8.01. The van der Waals surface area contributed by atoms with Gasteiger partial charge in [0.1, 0.15) is 21.2 Å². The number of carboxylic acid groups (broad SMARTS) is 1. The second-order valence-electron chi connectivity index (χ2n) is 9.27. The second-order valence-corrected chi connectivity index (χ2v) is 10.2. The fourth-order valence-corrected chi connectivity index (χ4v) is 5.65. The molecule has 0 radical (unpaired) electrons. The minimum Gasteiger partial charge on any atom is -0.479 e. The highest BCUT2D eigenvalue weighted by Crippen LogP contribution is 2.45. The van der Waals surface area contributed by atoms with Crippen LogP contribution in [0.1, 0.15) is 29.8 Å². The maximum atomic E-state index is 15.2. The Morgan fingerprint density at radius 1 is 1.09 bits per heavy atom. The Bertz CT molecular complexity index is 1490. The molecule has 1 aliphatic heterocycles. The average Bonchev–Trinajstić information content (AvgIpc) is 3.54. The predicted molar refractivity (Wildman–Crippen MR) is 132 cm³/mol. The largest absolute Gasteiger partial charge is 0.479 e. The van der Waals surface area contributed by atoms with Crippen molar-refractivity contribution < 1.29 is 19.4 Å². The van der Waals surface area contributed by atoms with E-state index in [0.717, 1.165) is 21.6 Å². The van der Waals surface area contributed by atoms with Crippen LogP contribution in [0, 0.1) is 5.82 Å². The fourth-order valence-electron chi connectivity index (χ4n) is 4.68. The van der Waals surface area contributed by atoms with E-state index in [1.807, 2.05) is 43.3 Å². The molecule has 1 saturated heterocycles. The number of benzene rings is 2. The number of fused-ring (bicyclic) bond motifs is 1. The van der Waals surface area contributed by atoms with E-state index >= 15 is 4.39 Å². The standard InChI is InChI=1S/C27H22FN3O3S/c1-16(31-14-27(34,15-31)25(32)33)17-7-8-19(20(28)13-17)23-29-21-9-10-22(30-24(21)35-23)26(11-12-26)18-5-3-2-4-6-18/h2-13,16,34H,14-15H2,1H3,(H,32,33). The lowest BCUT2D eigenvalue weighted by Crippen LogP contribution is -2.66. The normalized spacial score (nSPS) is 18.8. The number of β-amino-alcohol motifs (C(OH)–C–C–N with tert-alkyl or cyclic N) is 1. The molecule has 35 heavy (non-hydrogen) atoms. The summed E-state index contributed by atoms with van der Waals surface area (Å²) in [6, 6.07) is 18.9. The number of aliphatic carboxylic acids is 1. The zero-order valence-electron chi connectivity index (χ0n) is 18.9. The molecule has 176 valence electrons. The number of hydrogen-bond acceptors (Lipinski definition) is 6. The third kappa shape index (κ3) is 3.56. The topological polar surface area (TPSA) is 86.5 Å². The van der Waals surface area contributed by atoms with Gasteiger partial charge in [-0.2, -0.15) is 0 Å². The maximum absolute atomic E-state index is 15.2. The van der Waals surface area contributed by atoms with Crippen molar-refractivity contribution in [2.45, 2.75) is 24.0 Å². The Kier molecular flexibility index (Phi) is 4.90. The van der Waals surface area contributed by atoms with Crippen LogP contribution in [0.4, 0.5) is 4.39 Å². The van der Waals surface area contributed by atoms with Crippen molar-refractivity contribution in [3.63, 3.8) is 0 Å². The quantitative estimate of drug-likeness (QED) is 0.388. The molecule has 1 fully saturated rings. The molecule has 0 amide bonds. The Morgan fingerprint density at radius 2 is 1.83 bits per heavy atom. The fraction of sp³-hybridized carbons (Fsp3) is 0.222. The molecule has 6 nitrogen and oxygen atoms in total. The average molecular weight is 488 g/mol. The number of carbonyl (C=O) groups is 1. The van der Waals surface area contributed by atoms with Gasteiger partial charge in [0.15, 0.2) is 5.60 Å². The van der Waals surface area contributed by atoms with E-state index in [0.29, 0.717) is 16.1 Å². The predicted octanol–water partition coefficient (Wildman–Crippen LogP) is 4.55. The summed E-state index contributed by atoms with van der Waals surface area (Å²) in [6.07, 6.45) is 4.26. The summed E-state index contributed by atoms with van der Waals surface area (Å²) >= 11 is 1.36. The Morgan fingerprint density at radius 3 is 2.49 bits per heavy atom. The van der Waals surface area contributed by atoms with Gasteiger partial charge in [-0.1, -0.05) is 59.9 Å². The first-order valence-corrected chi connectivity index (χ1v) is 12.1. The van der Waals surface area contributed by atoms with Crippen molar-refractivity contribution >= 4 is 27.7 Å². The molecule has 4 aromatic rings. The molecule has 3 heterocycles. The second kappa shape index (κ2) is 7.78. The van der Waals surface area contributed by atoms with Gasteiger partial charge >= 0.3 is 5.97 Å². The number of allylic oxidation sites excluding steroid dienone is 2. The summed E-state index contributed by atoms with van der Waals surface area (Å²) in [5.41, 5.74) is 1.91. The van der Waals surface area contributed by atoms with E-state index in [1.165, 1.54) is 17.4 Å². The number of rotatable bonds is 6. The van der Waals surface area contributed by atoms with Crippen molar-refractivity contribution in [3.05, 3.63) is 95.5 Å². The van der Waals surface area contributed by atoms with Crippen LogP contribution in [0.3, 0.4) is 0 Å². The van der Waals surface area contributed by atoms with Gasteiger partial charge in [0.05, 0.1) is 11.1 Å². The highest BCUT2D eigenvalue weighted by Gasteiger charge is 2.49. The zero-order valence-corrected chi connectivity index (χ0v) is 19.7. The van der Waals surface area contributed by atoms with Crippen LogP contribution >= 0.6 is 11.3 Å². The van der Waals surface area contributed by atoms with Crippen LogP contribution in [-0.4, -0.2) is 49.7 Å². The summed E-state index contributed by atoms with van der Waals surface area (Å²) in [7, 11) is 0. The number of nitrogens with zero attached hydrogens (tertiary/aromatic N) is 3. The lowest BCUT2D eigenvalue weighted by Gasteiger charge is -2.46. The molecule has 2 N–H and O–H groups in total. The number of likely N-dealkylation sites (tertiary alicyclic amines) is 1. The molecule has 0 spiro atoms. The van der Waals surface area contributed by atoms with Gasteiger partial charge in [-0.05, 0) is 42.3 Å². The molecule has 2 aromatic carbocycles. The summed E-state index contributed by atoms with van der Waals surface area (Å²) in [5, 5.41) is 19.6. The van der Waals surface area contributed by atoms with Crippen LogP contribution in [0.15, 0.2) is 72.8 Å². The molecule has 2 aliphatic rings. The van der Waals surface area contributed by atoms with E-state index in [2.05, 4.69) is 29.3 Å². The van der Waals surface area contributed by atoms with Gasteiger partial charge in [0, 0.05) is 24.7 Å². The van der Waals surface area contributed by atoms with E-state index in [1.54, 1.807) is 11.0 Å². The molecule has 1 atom stereocenters. The van der Waals surface area contributed by atoms with Gasteiger partial charge in [-0.15, -0.1) is 0 Å². The number of hydrogen-bond donors (Lipinski definition) is 2. The van der Waals surface area contributed by atoms with Crippen molar-refractivity contribution in [3.8, 4) is 10.6 Å². The Hall–Kier alpha value is -3.46. The minimum atomic E-state index is -1.73. The van der Waals surface area contributed by atoms with Gasteiger partial charge in [-0.25, -0.2) is 19.2 Å².